The zero-order valence-electron chi connectivity index (χ0n) is 17.9. The van der Waals surface area contributed by atoms with Crippen molar-refractivity contribution in [3.05, 3.63) is 28.8 Å². The summed E-state index contributed by atoms with van der Waals surface area (Å²) in [7, 11) is -4.11. The second-order valence-corrected chi connectivity index (χ2v) is 11.8. The van der Waals surface area contributed by atoms with Gasteiger partial charge < -0.3 is 5.32 Å². The maximum absolute atomic E-state index is 13.1. The van der Waals surface area contributed by atoms with Gasteiger partial charge in [-0.3, -0.25) is 4.79 Å². The smallest absolute Gasteiger partial charge is 0.353 e. The van der Waals surface area contributed by atoms with E-state index in [1.54, 1.807) is 0 Å². The molecule has 1 aromatic rings. The number of rotatable bonds is 5. The number of hydrogen-bond donors (Lipinski definition) is 1. The molecule has 4 atom stereocenters. The van der Waals surface area contributed by atoms with Gasteiger partial charge >= 0.3 is 6.18 Å². The maximum atomic E-state index is 13.1. The van der Waals surface area contributed by atoms with Crippen LogP contribution in [0.3, 0.4) is 0 Å². The fourth-order valence-corrected chi connectivity index (χ4v) is 7.47. The average molecular weight is 493 g/mol. The molecule has 1 N–H and O–H groups in total. The quantitative estimate of drug-likeness (QED) is 0.648. The SMILES string of the molecule is C[C@@H](NC(=O)C1CCN(S(=O)(=O)c2ccc(Cl)c(C(F)(F)F)c2)CC1)[C@H]1C[C@H]2CC[C@H]1C2. The fourth-order valence-electron chi connectivity index (χ4n) is 5.75. The Balaban J connectivity index is 1.36. The number of carbonyl (C=O) groups is 1. The Hall–Kier alpha value is -1.32. The van der Waals surface area contributed by atoms with Gasteiger partial charge in [0.15, 0.2) is 0 Å². The molecule has 2 aliphatic carbocycles. The number of amides is 1. The monoisotopic (exact) mass is 492 g/mol. The number of carbonyl (C=O) groups excluding carboxylic acids is 1. The minimum Gasteiger partial charge on any atom is -0.353 e. The van der Waals surface area contributed by atoms with Crippen LogP contribution in [0.1, 0.15) is 51.0 Å². The third-order valence-corrected chi connectivity index (χ3v) is 9.73. The van der Waals surface area contributed by atoms with Crippen molar-refractivity contribution in [2.24, 2.45) is 23.7 Å². The first-order valence-corrected chi connectivity index (χ1v) is 13.0. The lowest BCUT2D eigenvalue weighted by Crippen LogP contribution is -2.47. The number of nitrogens with zero attached hydrogens (tertiary/aromatic N) is 1. The summed E-state index contributed by atoms with van der Waals surface area (Å²) in [5.41, 5.74) is -1.18. The minimum absolute atomic E-state index is 0.0526. The van der Waals surface area contributed by atoms with E-state index in [1.807, 2.05) is 0 Å². The van der Waals surface area contributed by atoms with Crippen molar-refractivity contribution in [2.75, 3.05) is 13.1 Å². The Labute approximate surface area is 191 Å². The molecule has 0 aromatic heterocycles. The van der Waals surface area contributed by atoms with Gasteiger partial charge in [0.05, 0.1) is 15.5 Å². The van der Waals surface area contributed by atoms with E-state index in [9.17, 15) is 26.4 Å². The van der Waals surface area contributed by atoms with Crippen LogP contribution in [0.25, 0.3) is 0 Å². The molecule has 1 aliphatic heterocycles. The summed E-state index contributed by atoms with van der Waals surface area (Å²) in [6.45, 7) is 2.24. The van der Waals surface area contributed by atoms with E-state index in [-0.39, 0.29) is 31.0 Å². The molecule has 1 amide bonds. The van der Waals surface area contributed by atoms with Crippen molar-refractivity contribution in [2.45, 2.75) is 62.6 Å². The molecule has 10 heteroatoms. The van der Waals surface area contributed by atoms with Crippen molar-refractivity contribution in [3.8, 4) is 0 Å². The zero-order valence-corrected chi connectivity index (χ0v) is 19.4. The number of halogens is 4. The number of hydrogen-bond acceptors (Lipinski definition) is 3. The number of sulfonamides is 1. The van der Waals surface area contributed by atoms with E-state index in [0.717, 1.165) is 22.4 Å². The van der Waals surface area contributed by atoms with Gasteiger partial charge in [-0.25, -0.2) is 8.42 Å². The summed E-state index contributed by atoms with van der Waals surface area (Å²) in [5.74, 6) is 1.67. The molecular weight excluding hydrogens is 465 g/mol. The summed E-state index contributed by atoms with van der Waals surface area (Å²) >= 11 is 5.61. The van der Waals surface area contributed by atoms with Crippen LogP contribution >= 0.6 is 11.6 Å². The first-order valence-electron chi connectivity index (χ1n) is 11.1. The first-order chi connectivity index (χ1) is 15.0. The van der Waals surface area contributed by atoms with Crippen molar-refractivity contribution in [3.63, 3.8) is 0 Å². The normalized spacial score (nSPS) is 28.1. The summed E-state index contributed by atoms with van der Waals surface area (Å²) in [6, 6.07) is 2.72. The Morgan fingerprint density at radius 3 is 2.41 bits per heavy atom. The molecule has 0 radical (unpaired) electrons. The highest BCUT2D eigenvalue weighted by atomic mass is 35.5. The average Bonchev–Trinajstić information content (AvgIpc) is 3.37. The lowest BCUT2D eigenvalue weighted by Gasteiger charge is -2.33. The van der Waals surface area contributed by atoms with Gasteiger partial charge in [-0.2, -0.15) is 17.5 Å². The molecule has 0 unspecified atom stereocenters. The van der Waals surface area contributed by atoms with E-state index in [1.165, 1.54) is 25.7 Å². The highest BCUT2D eigenvalue weighted by Crippen LogP contribution is 2.49. The minimum atomic E-state index is -4.75. The highest BCUT2D eigenvalue weighted by Gasteiger charge is 2.43. The fraction of sp³-hybridized carbons (Fsp3) is 0.682. The third kappa shape index (κ3) is 4.66. The third-order valence-electron chi connectivity index (χ3n) is 7.51. The Bertz CT molecular complexity index is 977. The first kappa shape index (κ1) is 23.8. The van der Waals surface area contributed by atoms with Crippen LogP contribution in [0.5, 0.6) is 0 Å². The van der Waals surface area contributed by atoms with E-state index in [2.05, 4.69) is 12.2 Å². The highest BCUT2D eigenvalue weighted by molar-refractivity contribution is 7.89. The molecule has 3 aliphatic rings. The summed E-state index contributed by atoms with van der Waals surface area (Å²) in [4.78, 5) is 12.3. The van der Waals surface area contributed by atoms with Crippen LogP contribution in [0.4, 0.5) is 13.2 Å². The molecule has 1 aromatic carbocycles. The van der Waals surface area contributed by atoms with E-state index in [4.69, 9.17) is 11.6 Å². The van der Waals surface area contributed by atoms with Crippen molar-refractivity contribution in [1.29, 1.82) is 0 Å². The van der Waals surface area contributed by atoms with Crippen LogP contribution in [-0.4, -0.2) is 37.8 Å². The largest absolute Gasteiger partial charge is 0.417 e. The Morgan fingerprint density at radius 2 is 1.84 bits per heavy atom. The molecule has 5 nitrogen and oxygen atoms in total. The molecule has 32 heavy (non-hydrogen) atoms. The number of alkyl halides is 3. The molecule has 4 rings (SSSR count). The van der Waals surface area contributed by atoms with E-state index in [0.29, 0.717) is 30.7 Å². The van der Waals surface area contributed by atoms with Gasteiger partial charge in [-0.15, -0.1) is 0 Å². The standard InChI is InChI=1S/C22H28ClF3N2O3S/c1-13(18-11-14-2-3-16(18)10-14)27-21(29)15-6-8-28(9-7-15)32(30,31)17-4-5-20(23)19(12-17)22(24,25)26/h4-5,12-16,18H,2-3,6-11H2,1H3,(H,27,29)/t13-,14+,16+,18-/m1/s1. The summed E-state index contributed by atoms with van der Waals surface area (Å²) in [6.07, 6.45) is 0.913. The molecular formula is C22H28ClF3N2O3S. The molecule has 1 heterocycles. The molecule has 3 fully saturated rings. The van der Waals surface area contributed by atoms with Crippen molar-refractivity contribution >= 4 is 27.5 Å². The van der Waals surface area contributed by atoms with Crippen LogP contribution in [0, 0.1) is 23.7 Å². The number of benzene rings is 1. The van der Waals surface area contributed by atoms with Crippen LogP contribution in [-0.2, 0) is 21.0 Å². The van der Waals surface area contributed by atoms with Crippen LogP contribution in [0.2, 0.25) is 5.02 Å². The van der Waals surface area contributed by atoms with Gasteiger partial charge in [-0.05, 0) is 75.0 Å². The second-order valence-electron chi connectivity index (χ2n) is 9.45. The van der Waals surface area contributed by atoms with Gasteiger partial charge in [0.2, 0.25) is 15.9 Å². The maximum Gasteiger partial charge on any atom is 0.417 e. The Morgan fingerprint density at radius 1 is 1.16 bits per heavy atom. The van der Waals surface area contributed by atoms with Crippen molar-refractivity contribution < 1.29 is 26.4 Å². The zero-order chi connectivity index (χ0) is 23.3. The van der Waals surface area contributed by atoms with Gasteiger partial charge in [0.1, 0.15) is 0 Å². The number of piperidine rings is 1. The summed E-state index contributed by atoms with van der Waals surface area (Å²) in [5, 5.41) is 2.60. The van der Waals surface area contributed by atoms with E-state index >= 15 is 0 Å². The molecule has 2 saturated carbocycles. The lowest BCUT2D eigenvalue weighted by molar-refractivity contribution is -0.137. The predicted molar refractivity (Wildman–Crippen MR) is 114 cm³/mol. The van der Waals surface area contributed by atoms with Gasteiger partial charge in [0.25, 0.3) is 0 Å². The topological polar surface area (TPSA) is 66.5 Å². The lowest BCUT2D eigenvalue weighted by atomic mass is 9.83. The molecule has 178 valence electrons. The number of fused-ring (bicyclic) bond motifs is 2. The Kier molecular flexibility index (Phi) is 6.55. The molecule has 1 saturated heterocycles. The molecule has 2 bridgehead atoms. The van der Waals surface area contributed by atoms with E-state index < -0.39 is 31.7 Å². The predicted octanol–water partition coefficient (Wildman–Crippen LogP) is 4.70. The molecule has 0 spiro atoms. The van der Waals surface area contributed by atoms with Crippen LogP contribution < -0.4 is 5.32 Å². The number of nitrogens with one attached hydrogen (secondary N) is 1. The summed E-state index contributed by atoms with van der Waals surface area (Å²) < 4.78 is 66.3. The van der Waals surface area contributed by atoms with Crippen LogP contribution in [0.15, 0.2) is 23.1 Å². The van der Waals surface area contributed by atoms with Crippen molar-refractivity contribution in [1.82, 2.24) is 9.62 Å². The second kappa shape index (κ2) is 8.80. The van der Waals surface area contributed by atoms with Gasteiger partial charge in [0, 0.05) is 25.0 Å². The van der Waals surface area contributed by atoms with Gasteiger partial charge in [-0.1, -0.05) is 18.0 Å².